The lowest BCUT2D eigenvalue weighted by atomic mass is 9.43. The molecular weight excluding hydrogens is 470 g/mol. The van der Waals surface area contributed by atoms with Crippen LogP contribution in [0.3, 0.4) is 0 Å². The molecule has 0 aromatic carbocycles. The molecule has 0 saturated heterocycles. The van der Waals surface area contributed by atoms with Gasteiger partial charge in [0.15, 0.2) is 11.2 Å². The predicted octanol–water partition coefficient (Wildman–Crippen LogP) is 7.67. The fourth-order valence-corrected chi connectivity index (χ4v) is 9.33. The predicted molar refractivity (Wildman–Crippen MR) is 121 cm³/mol. The molecule has 2 nitrogen and oxygen atoms in total. The van der Waals surface area contributed by atoms with Crippen LogP contribution in [0.5, 0.6) is 0 Å². The summed E-state index contributed by atoms with van der Waals surface area (Å²) in [5.74, 6) is 1.45. The van der Waals surface area contributed by atoms with Crippen LogP contribution in [0, 0.1) is 46.3 Å². The monoisotopic (exact) mass is 512 g/mol. The maximum atomic E-state index is 13.6. The molecule has 0 bridgehead atoms. The number of hydrogen-bond acceptors (Lipinski definition) is 2. The number of fused-ring (bicyclic) bond motifs is 5. The van der Waals surface area contributed by atoms with Crippen molar-refractivity contribution < 1.29 is 36.6 Å². The van der Waals surface area contributed by atoms with Crippen molar-refractivity contribution in [2.45, 2.75) is 122 Å². The van der Waals surface area contributed by atoms with E-state index >= 15 is 0 Å². The molecule has 8 heteroatoms. The molecule has 0 amide bonds. The van der Waals surface area contributed by atoms with Crippen LogP contribution in [0.2, 0.25) is 0 Å². The third-order valence-corrected chi connectivity index (χ3v) is 11.7. The summed E-state index contributed by atoms with van der Waals surface area (Å²) in [5, 5.41) is 20.3. The SMILES string of the molecule is C[C@H](CCC(C)(O)C(F)(F)F)[C@H]1CC[C@H]2[C@@H]3CC[C@H]4C[C@](O)(C(F)(F)F)CC[C@]4(C)[C@H]3CC[C@]12C. The van der Waals surface area contributed by atoms with Gasteiger partial charge in [0.05, 0.1) is 0 Å². The second kappa shape index (κ2) is 8.51. The van der Waals surface area contributed by atoms with Crippen LogP contribution in [0.1, 0.15) is 98.3 Å². The Bertz CT molecular complexity index is 794. The van der Waals surface area contributed by atoms with Crippen molar-refractivity contribution >= 4 is 0 Å². The van der Waals surface area contributed by atoms with Crippen LogP contribution < -0.4 is 0 Å². The van der Waals surface area contributed by atoms with Crippen LogP contribution in [0.25, 0.3) is 0 Å². The van der Waals surface area contributed by atoms with Gasteiger partial charge in [0.1, 0.15) is 0 Å². The van der Waals surface area contributed by atoms with Crippen molar-refractivity contribution in [2.75, 3.05) is 0 Å². The minimum absolute atomic E-state index is 0.0231. The summed E-state index contributed by atoms with van der Waals surface area (Å²) in [4.78, 5) is 0. The first-order valence-electron chi connectivity index (χ1n) is 13.4. The Kier molecular flexibility index (Phi) is 6.69. The molecule has 0 aliphatic heterocycles. The molecule has 4 aliphatic rings. The number of rotatable bonds is 4. The van der Waals surface area contributed by atoms with Crippen LogP contribution in [0.15, 0.2) is 0 Å². The highest BCUT2D eigenvalue weighted by atomic mass is 19.4. The lowest BCUT2D eigenvalue weighted by molar-refractivity contribution is -0.290. The van der Waals surface area contributed by atoms with Crippen molar-refractivity contribution in [3.63, 3.8) is 0 Å². The first kappa shape index (κ1) is 27.5. The van der Waals surface area contributed by atoms with Crippen LogP contribution in [0.4, 0.5) is 26.3 Å². The molecule has 0 aromatic rings. The van der Waals surface area contributed by atoms with E-state index in [2.05, 4.69) is 13.8 Å². The van der Waals surface area contributed by atoms with E-state index in [1.54, 1.807) is 0 Å². The second-order valence-corrected chi connectivity index (χ2v) is 13.4. The summed E-state index contributed by atoms with van der Waals surface area (Å²) in [6.07, 6.45) is -3.78. The van der Waals surface area contributed by atoms with E-state index in [0.29, 0.717) is 42.9 Å². The highest BCUT2D eigenvalue weighted by Crippen LogP contribution is 2.69. The van der Waals surface area contributed by atoms with Crippen LogP contribution in [-0.2, 0) is 0 Å². The molecule has 0 spiro atoms. The number of aliphatic hydroxyl groups is 2. The van der Waals surface area contributed by atoms with Gasteiger partial charge < -0.3 is 10.2 Å². The average Bonchev–Trinajstić information content (AvgIpc) is 3.08. The van der Waals surface area contributed by atoms with Crippen molar-refractivity contribution in [1.82, 2.24) is 0 Å². The minimum atomic E-state index is -4.64. The zero-order valence-corrected chi connectivity index (χ0v) is 21.4. The fourth-order valence-electron chi connectivity index (χ4n) is 9.33. The van der Waals surface area contributed by atoms with Crippen molar-refractivity contribution in [3.8, 4) is 0 Å². The maximum absolute atomic E-state index is 13.6. The fraction of sp³-hybridized carbons (Fsp3) is 1.00. The van der Waals surface area contributed by atoms with Gasteiger partial charge in [0.2, 0.25) is 0 Å². The van der Waals surface area contributed by atoms with E-state index in [1.807, 2.05) is 6.92 Å². The Hall–Kier alpha value is -0.500. The Morgan fingerprint density at radius 2 is 1.49 bits per heavy atom. The Morgan fingerprint density at radius 3 is 2.09 bits per heavy atom. The van der Waals surface area contributed by atoms with Crippen LogP contribution >= 0.6 is 0 Å². The summed E-state index contributed by atoms with van der Waals surface area (Å²) < 4.78 is 80.1. The first-order chi connectivity index (χ1) is 15.9. The normalized spacial score (nSPS) is 46.8. The molecule has 0 aromatic heterocycles. The van der Waals surface area contributed by atoms with Gasteiger partial charge in [-0.2, -0.15) is 26.3 Å². The van der Waals surface area contributed by atoms with Crippen molar-refractivity contribution in [1.29, 1.82) is 0 Å². The molecule has 0 radical (unpaired) electrons. The third-order valence-electron chi connectivity index (χ3n) is 11.7. The Balaban J connectivity index is 1.47. The molecule has 4 saturated carbocycles. The smallest absolute Gasteiger partial charge is 0.381 e. The highest BCUT2D eigenvalue weighted by molar-refractivity contribution is 5.11. The van der Waals surface area contributed by atoms with Gasteiger partial charge in [-0.3, -0.25) is 0 Å². The van der Waals surface area contributed by atoms with Gasteiger partial charge in [-0.25, -0.2) is 0 Å². The molecule has 10 atom stereocenters. The summed E-state index contributed by atoms with van der Waals surface area (Å²) in [6.45, 7) is 7.32. The Morgan fingerprint density at radius 1 is 0.857 bits per heavy atom. The van der Waals surface area contributed by atoms with E-state index < -0.39 is 23.6 Å². The highest BCUT2D eigenvalue weighted by Gasteiger charge is 2.65. The molecule has 204 valence electrons. The summed E-state index contributed by atoms with van der Waals surface area (Å²) in [5.41, 5.74) is -5.42. The van der Waals surface area contributed by atoms with E-state index in [9.17, 15) is 36.6 Å². The number of hydrogen-bond donors (Lipinski definition) is 2. The lowest BCUT2D eigenvalue weighted by Crippen LogP contribution is -2.59. The minimum Gasteiger partial charge on any atom is -0.381 e. The van der Waals surface area contributed by atoms with Crippen molar-refractivity contribution in [2.24, 2.45) is 46.3 Å². The molecule has 4 fully saturated rings. The zero-order chi connectivity index (χ0) is 26.2. The largest absolute Gasteiger partial charge is 0.417 e. The quantitative estimate of drug-likeness (QED) is 0.380. The Labute approximate surface area is 205 Å². The molecule has 35 heavy (non-hydrogen) atoms. The molecular formula is C27H42F6O2. The van der Waals surface area contributed by atoms with E-state index in [0.717, 1.165) is 39.0 Å². The number of halogens is 6. The zero-order valence-electron chi connectivity index (χ0n) is 21.4. The van der Waals surface area contributed by atoms with E-state index in [4.69, 9.17) is 0 Å². The van der Waals surface area contributed by atoms with Crippen molar-refractivity contribution in [3.05, 3.63) is 0 Å². The standard InChI is InChI=1S/C27H42F6O2/c1-16(9-12-24(4,34)26(28,29)30)19-7-8-20-18-6-5-17-15-25(35,27(31,32)33)14-13-22(17,2)21(18)10-11-23(19,20)3/h16-21,34-35H,5-15H2,1-4H3/t16-,17+,18+,19-,20+,21+,22+,23-,24?,25+/m1/s1. The summed E-state index contributed by atoms with van der Waals surface area (Å²) >= 11 is 0. The van der Waals surface area contributed by atoms with Gasteiger partial charge in [0, 0.05) is 0 Å². The van der Waals surface area contributed by atoms with Crippen LogP contribution in [-0.4, -0.2) is 33.8 Å². The average molecular weight is 513 g/mol. The van der Waals surface area contributed by atoms with Gasteiger partial charge in [-0.05, 0) is 124 Å². The topological polar surface area (TPSA) is 40.5 Å². The summed E-state index contributed by atoms with van der Waals surface area (Å²) in [6, 6.07) is 0. The summed E-state index contributed by atoms with van der Waals surface area (Å²) in [7, 11) is 0. The maximum Gasteiger partial charge on any atom is 0.417 e. The van der Waals surface area contributed by atoms with Gasteiger partial charge >= 0.3 is 12.4 Å². The molecule has 1 unspecified atom stereocenters. The third kappa shape index (κ3) is 4.34. The van der Waals surface area contributed by atoms with E-state index in [-0.39, 0.29) is 41.9 Å². The second-order valence-electron chi connectivity index (χ2n) is 13.4. The molecule has 0 heterocycles. The van der Waals surface area contributed by atoms with Gasteiger partial charge in [0.25, 0.3) is 0 Å². The van der Waals surface area contributed by atoms with Gasteiger partial charge in [-0.15, -0.1) is 0 Å². The molecule has 2 N–H and O–H groups in total. The van der Waals surface area contributed by atoms with Gasteiger partial charge in [-0.1, -0.05) is 20.8 Å². The van der Waals surface area contributed by atoms with E-state index in [1.165, 1.54) is 0 Å². The molecule has 4 rings (SSSR count). The first-order valence-corrected chi connectivity index (χ1v) is 13.4. The lowest BCUT2D eigenvalue weighted by Gasteiger charge is -2.62. The number of alkyl halides is 6. The molecule has 4 aliphatic carbocycles.